The van der Waals surface area contributed by atoms with Crippen LogP contribution in [0, 0.1) is 5.92 Å². The van der Waals surface area contributed by atoms with Crippen LogP contribution in [0.3, 0.4) is 0 Å². The van der Waals surface area contributed by atoms with Gasteiger partial charge in [0.2, 0.25) is 0 Å². The Balaban J connectivity index is 1.59. The van der Waals surface area contributed by atoms with Crippen LogP contribution in [0.1, 0.15) is 70.2 Å². The third-order valence-corrected chi connectivity index (χ3v) is 5.51. The molecule has 0 radical (unpaired) electrons. The summed E-state index contributed by atoms with van der Waals surface area (Å²) in [5.74, 6) is 0.370. The quantitative estimate of drug-likeness (QED) is 0.777. The molecule has 1 aromatic rings. The molecule has 0 aliphatic carbocycles. The van der Waals surface area contributed by atoms with Crippen molar-refractivity contribution < 1.29 is 8.78 Å². The molecule has 2 atom stereocenters. The largest absolute Gasteiger partial charge is 0.297 e. The standard InChI is InChI=1S/C18H27F2N3/c1-13(2)10-18-7-3-9-23(18)15(6-8-18)5-4-14-11-21-17(16(19)20)22-12-14/h11-13,15-16H,3-10H2,1-2H3. The van der Waals surface area contributed by atoms with Crippen molar-refractivity contribution in [3.8, 4) is 0 Å². The van der Waals surface area contributed by atoms with E-state index >= 15 is 0 Å². The van der Waals surface area contributed by atoms with Gasteiger partial charge >= 0.3 is 0 Å². The molecule has 2 aliphatic heterocycles. The predicted octanol–water partition coefficient (Wildman–Crippen LogP) is 4.39. The zero-order valence-corrected chi connectivity index (χ0v) is 14.1. The topological polar surface area (TPSA) is 29.0 Å². The van der Waals surface area contributed by atoms with E-state index in [-0.39, 0.29) is 5.82 Å². The maximum absolute atomic E-state index is 12.5. The number of alkyl halides is 2. The Hall–Kier alpha value is -1.10. The Morgan fingerprint density at radius 1 is 1.26 bits per heavy atom. The van der Waals surface area contributed by atoms with Crippen molar-refractivity contribution in [2.75, 3.05) is 6.54 Å². The monoisotopic (exact) mass is 323 g/mol. The van der Waals surface area contributed by atoms with Gasteiger partial charge in [0.05, 0.1) is 0 Å². The van der Waals surface area contributed by atoms with Crippen LogP contribution in [-0.2, 0) is 6.42 Å². The second-order valence-electron chi connectivity index (χ2n) is 7.60. The third kappa shape index (κ3) is 3.54. The van der Waals surface area contributed by atoms with Crippen LogP contribution in [0.4, 0.5) is 8.78 Å². The van der Waals surface area contributed by atoms with Crippen molar-refractivity contribution >= 4 is 0 Å². The van der Waals surface area contributed by atoms with Crippen LogP contribution < -0.4 is 0 Å². The number of rotatable bonds is 6. The molecule has 128 valence electrons. The highest BCUT2D eigenvalue weighted by molar-refractivity contribution is 5.09. The van der Waals surface area contributed by atoms with Crippen molar-refractivity contribution in [3.63, 3.8) is 0 Å². The summed E-state index contributed by atoms with van der Waals surface area (Å²) in [6.45, 7) is 5.86. The summed E-state index contributed by atoms with van der Waals surface area (Å²) in [5, 5.41) is 0. The molecule has 2 unspecified atom stereocenters. The van der Waals surface area contributed by atoms with Crippen molar-refractivity contribution in [1.29, 1.82) is 0 Å². The van der Waals surface area contributed by atoms with Gasteiger partial charge in [-0.05, 0) is 63.0 Å². The third-order valence-electron chi connectivity index (χ3n) is 5.51. The van der Waals surface area contributed by atoms with Gasteiger partial charge in [-0.1, -0.05) is 13.8 Å². The van der Waals surface area contributed by atoms with E-state index in [4.69, 9.17) is 0 Å². The fourth-order valence-corrected chi connectivity index (χ4v) is 4.71. The number of hydrogen-bond donors (Lipinski definition) is 0. The minimum Gasteiger partial charge on any atom is -0.295 e. The fraction of sp³-hybridized carbons (Fsp3) is 0.778. The molecular formula is C18H27F2N3. The average molecular weight is 323 g/mol. The normalized spacial score (nSPS) is 28.0. The summed E-state index contributed by atoms with van der Waals surface area (Å²) in [6, 6.07) is 0.631. The van der Waals surface area contributed by atoms with Gasteiger partial charge < -0.3 is 0 Å². The lowest BCUT2D eigenvalue weighted by Crippen LogP contribution is -2.43. The highest BCUT2D eigenvalue weighted by Gasteiger charge is 2.48. The van der Waals surface area contributed by atoms with E-state index < -0.39 is 6.43 Å². The Labute approximate surface area is 137 Å². The van der Waals surface area contributed by atoms with Gasteiger partial charge in [0.15, 0.2) is 5.82 Å². The summed E-state index contributed by atoms with van der Waals surface area (Å²) in [6.07, 6.45) is 9.04. The first-order valence-corrected chi connectivity index (χ1v) is 8.86. The molecule has 5 heteroatoms. The van der Waals surface area contributed by atoms with Gasteiger partial charge in [0.25, 0.3) is 6.43 Å². The fourth-order valence-electron chi connectivity index (χ4n) is 4.71. The van der Waals surface area contributed by atoms with Crippen molar-refractivity contribution in [3.05, 3.63) is 23.8 Å². The number of hydrogen-bond acceptors (Lipinski definition) is 3. The smallest absolute Gasteiger partial charge is 0.295 e. The van der Waals surface area contributed by atoms with Gasteiger partial charge in [-0.25, -0.2) is 18.7 Å². The first-order chi connectivity index (χ1) is 11.0. The number of aromatic nitrogens is 2. The van der Waals surface area contributed by atoms with E-state index in [1.807, 2.05) is 0 Å². The molecule has 3 nitrogen and oxygen atoms in total. The van der Waals surface area contributed by atoms with Crippen LogP contribution in [0.2, 0.25) is 0 Å². The van der Waals surface area contributed by atoms with Crippen molar-refractivity contribution in [2.45, 2.75) is 76.8 Å². The molecule has 0 N–H and O–H groups in total. The molecule has 3 rings (SSSR count). The zero-order valence-electron chi connectivity index (χ0n) is 14.1. The number of halogens is 2. The van der Waals surface area contributed by atoms with Crippen LogP contribution in [0.15, 0.2) is 12.4 Å². The molecule has 2 fully saturated rings. The first kappa shape index (κ1) is 16.7. The van der Waals surface area contributed by atoms with E-state index in [2.05, 4.69) is 28.7 Å². The SMILES string of the molecule is CC(C)CC12CCCN1C(CCc1cnc(C(F)F)nc1)CC2. The Kier molecular flexibility index (Phi) is 4.95. The lowest BCUT2D eigenvalue weighted by molar-refractivity contribution is 0.122. The Bertz CT molecular complexity index is 518. The summed E-state index contributed by atoms with van der Waals surface area (Å²) in [7, 11) is 0. The molecule has 0 amide bonds. The van der Waals surface area contributed by atoms with Gasteiger partial charge in [-0.2, -0.15) is 0 Å². The lowest BCUT2D eigenvalue weighted by atomic mass is 9.85. The van der Waals surface area contributed by atoms with Crippen LogP contribution in [0.5, 0.6) is 0 Å². The number of aryl methyl sites for hydroxylation is 1. The summed E-state index contributed by atoms with van der Waals surface area (Å²) < 4.78 is 25.0. The van der Waals surface area contributed by atoms with Crippen molar-refractivity contribution in [2.24, 2.45) is 5.92 Å². The molecule has 2 saturated heterocycles. The molecular weight excluding hydrogens is 296 g/mol. The lowest BCUT2D eigenvalue weighted by Gasteiger charge is -2.36. The Morgan fingerprint density at radius 3 is 2.65 bits per heavy atom. The first-order valence-electron chi connectivity index (χ1n) is 8.86. The minimum absolute atomic E-state index is 0.370. The number of fused-ring (bicyclic) bond motifs is 1. The summed E-state index contributed by atoms with van der Waals surface area (Å²) >= 11 is 0. The van der Waals surface area contributed by atoms with E-state index in [1.165, 1.54) is 38.6 Å². The highest BCUT2D eigenvalue weighted by Crippen LogP contribution is 2.47. The van der Waals surface area contributed by atoms with Gasteiger partial charge in [0.1, 0.15) is 0 Å². The molecule has 0 bridgehead atoms. The van der Waals surface area contributed by atoms with Crippen LogP contribution >= 0.6 is 0 Å². The predicted molar refractivity (Wildman–Crippen MR) is 86.5 cm³/mol. The molecule has 0 aromatic carbocycles. The molecule has 3 heterocycles. The van der Waals surface area contributed by atoms with Gasteiger partial charge in [0, 0.05) is 24.0 Å². The maximum Gasteiger partial charge on any atom is 0.297 e. The minimum atomic E-state index is -2.58. The molecule has 1 aromatic heterocycles. The van der Waals surface area contributed by atoms with Crippen LogP contribution in [-0.4, -0.2) is 33.0 Å². The number of nitrogens with zero attached hydrogens (tertiary/aromatic N) is 3. The second kappa shape index (κ2) is 6.80. The van der Waals surface area contributed by atoms with Crippen LogP contribution in [0.25, 0.3) is 0 Å². The summed E-state index contributed by atoms with van der Waals surface area (Å²) in [5.41, 5.74) is 1.41. The van der Waals surface area contributed by atoms with Gasteiger partial charge in [-0.3, -0.25) is 4.90 Å². The molecule has 0 spiro atoms. The summed E-state index contributed by atoms with van der Waals surface area (Å²) in [4.78, 5) is 10.3. The van der Waals surface area contributed by atoms with E-state index in [0.717, 1.165) is 24.3 Å². The van der Waals surface area contributed by atoms with E-state index in [0.29, 0.717) is 11.6 Å². The second-order valence-corrected chi connectivity index (χ2v) is 7.60. The molecule has 2 aliphatic rings. The molecule has 23 heavy (non-hydrogen) atoms. The highest BCUT2D eigenvalue weighted by atomic mass is 19.3. The van der Waals surface area contributed by atoms with Gasteiger partial charge in [-0.15, -0.1) is 0 Å². The average Bonchev–Trinajstić information content (AvgIpc) is 3.03. The zero-order chi connectivity index (χ0) is 16.4. The Morgan fingerprint density at radius 2 is 2.00 bits per heavy atom. The molecule has 0 saturated carbocycles. The van der Waals surface area contributed by atoms with E-state index in [9.17, 15) is 8.78 Å². The van der Waals surface area contributed by atoms with E-state index in [1.54, 1.807) is 12.4 Å². The maximum atomic E-state index is 12.5. The van der Waals surface area contributed by atoms with Crippen molar-refractivity contribution in [1.82, 2.24) is 14.9 Å².